The van der Waals surface area contributed by atoms with Gasteiger partial charge in [-0.1, -0.05) is 30.4 Å². The molecule has 0 aliphatic rings. The molecule has 2 rings (SSSR count). The van der Waals surface area contributed by atoms with E-state index in [1.165, 1.54) is 0 Å². The lowest BCUT2D eigenvalue weighted by molar-refractivity contribution is 0.0947. The molecule has 1 amide bonds. The van der Waals surface area contributed by atoms with Gasteiger partial charge in [-0.25, -0.2) is 8.78 Å². The summed E-state index contributed by atoms with van der Waals surface area (Å²) < 4.78 is 26.2. The van der Waals surface area contributed by atoms with E-state index in [9.17, 15) is 13.6 Å². The fraction of sp³-hybridized carbons (Fsp3) is 0.0667. The molecule has 2 aromatic carbocycles. The van der Waals surface area contributed by atoms with Crippen LogP contribution in [-0.2, 0) is 6.54 Å². The predicted octanol–water partition coefficient (Wildman–Crippen LogP) is 2.53. The summed E-state index contributed by atoms with van der Waals surface area (Å²) >= 11 is 4.87. The molecule has 2 aromatic rings. The normalized spacial score (nSPS) is 10.2. The largest absolute Gasteiger partial charge is 0.389 e. The third-order valence-electron chi connectivity index (χ3n) is 2.84. The van der Waals surface area contributed by atoms with E-state index in [4.69, 9.17) is 18.0 Å². The second-order valence-electron chi connectivity index (χ2n) is 4.37. The van der Waals surface area contributed by atoms with Gasteiger partial charge in [-0.2, -0.15) is 0 Å². The number of benzene rings is 2. The molecule has 0 spiro atoms. The second-order valence-corrected chi connectivity index (χ2v) is 4.81. The van der Waals surface area contributed by atoms with Gasteiger partial charge in [0.05, 0.1) is 5.56 Å². The van der Waals surface area contributed by atoms with Gasteiger partial charge >= 0.3 is 0 Å². The maximum Gasteiger partial charge on any atom is 0.254 e. The number of nitrogens with two attached hydrogens (primary N) is 1. The average molecular weight is 306 g/mol. The molecule has 6 heteroatoms. The molecule has 0 aliphatic carbocycles. The van der Waals surface area contributed by atoms with E-state index in [1.807, 2.05) is 0 Å². The first-order chi connectivity index (χ1) is 9.97. The highest BCUT2D eigenvalue weighted by Gasteiger charge is 2.12. The summed E-state index contributed by atoms with van der Waals surface area (Å²) in [7, 11) is 0. The Kier molecular flexibility index (Phi) is 4.59. The number of hydrogen-bond acceptors (Lipinski definition) is 2. The highest BCUT2D eigenvalue weighted by Crippen LogP contribution is 2.10. The van der Waals surface area contributed by atoms with Crippen molar-refractivity contribution >= 4 is 23.1 Å². The van der Waals surface area contributed by atoms with Crippen molar-refractivity contribution in [3.8, 4) is 0 Å². The van der Waals surface area contributed by atoms with Crippen molar-refractivity contribution in [1.29, 1.82) is 0 Å². The molecule has 3 N–H and O–H groups in total. The number of nitrogens with one attached hydrogen (secondary N) is 1. The van der Waals surface area contributed by atoms with Crippen molar-refractivity contribution in [3.63, 3.8) is 0 Å². The minimum atomic E-state index is -0.899. The number of amides is 1. The smallest absolute Gasteiger partial charge is 0.254 e. The number of hydrogen-bond donors (Lipinski definition) is 2. The third-order valence-corrected chi connectivity index (χ3v) is 3.08. The van der Waals surface area contributed by atoms with Crippen LogP contribution in [0.1, 0.15) is 21.5 Å². The lowest BCUT2D eigenvalue weighted by Gasteiger charge is -2.07. The topological polar surface area (TPSA) is 55.1 Å². The lowest BCUT2D eigenvalue weighted by Crippen LogP contribution is -2.24. The molecule has 0 bridgehead atoms. The Bertz CT molecular complexity index is 704. The summed E-state index contributed by atoms with van der Waals surface area (Å²) in [4.78, 5) is 12.1. The van der Waals surface area contributed by atoms with Crippen LogP contribution in [0.2, 0.25) is 0 Å². The molecule has 21 heavy (non-hydrogen) atoms. The van der Waals surface area contributed by atoms with Gasteiger partial charge in [-0.15, -0.1) is 0 Å². The maximum atomic E-state index is 13.5. The van der Waals surface area contributed by atoms with E-state index in [-0.39, 0.29) is 17.1 Å². The van der Waals surface area contributed by atoms with Gasteiger partial charge in [0.1, 0.15) is 16.6 Å². The SMILES string of the molecule is NC(=S)c1cccc(CNC(=O)c2ccc(F)cc2F)c1. The number of rotatable bonds is 4. The number of carbonyl (C=O) groups excluding carboxylic acids is 1. The predicted molar refractivity (Wildman–Crippen MR) is 79.9 cm³/mol. The van der Waals surface area contributed by atoms with Crippen LogP contribution in [0, 0.1) is 11.6 Å². The molecule has 0 fully saturated rings. The van der Waals surface area contributed by atoms with Crippen molar-refractivity contribution in [2.75, 3.05) is 0 Å². The number of halogens is 2. The molecule has 0 aromatic heterocycles. The molecule has 0 radical (unpaired) electrons. The molecule has 0 unspecified atom stereocenters. The van der Waals surface area contributed by atoms with Gasteiger partial charge < -0.3 is 11.1 Å². The van der Waals surface area contributed by atoms with Crippen molar-refractivity contribution in [2.24, 2.45) is 5.73 Å². The van der Waals surface area contributed by atoms with Crippen LogP contribution in [0.25, 0.3) is 0 Å². The van der Waals surface area contributed by atoms with Crippen LogP contribution in [0.5, 0.6) is 0 Å². The van der Waals surface area contributed by atoms with Crippen LogP contribution >= 0.6 is 12.2 Å². The quantitative estimate of drug-likeness (QED) is 0.854. The monoisotopic (exact) mass is 306 g/mol. The average Bonchev–Trinajstić information content (AvgIpc) is 2.45. The first-order valence-corrected chi connectivity index (χ1v) is 6.50. The van der Waals surface area contributed by atoms with Crippen LogP contribution in [-0.4, -0.2) is 10.9 Å². The van der Waals surface area contributed by atoms with Crippen LogP contribution in [0.15, 0.2) is 42.5 Å². The van der Waals surface area contributed by atoms with Gasteiger partial charge in [0.15, 0.2) is 0 Å². The van der Waals surface area contributed by atoms with E-state index >= 15 is 0 Å². The van der Waals surface area contributed by atoms with E-state index in [0.29, 0.717) is 11.6 Å². The minimum absolute atomic E-state index is 0.187. The summed E-state index contributed by atoms with van der Waals surface area (Å²) in [6, 6.07) is 9.84. The van der Waals surface area contributed by atoms with Gasteiger partial charge in [0.25, 0.3) is 5.91 Å². The minimum Gasteiger partial charge on any atom is -0.389 e. The van der Waals surface area contributed by atoms with Crippen LogP contribution in [0.4, 0.5) is 8.78 Å². The second kappa shape index (κ2) is 6.41. The third kappa shape index (κ3) is 3.82. The summed E-state index contributed by atoms with van der Waals surface area (Å²) in [5.41, 5.74) is 6.78. The molecule has 0 atom stereocenters. The van der Waals surface area contributed by atoms with Crippen LogP contribution < -0.4 is 11.1 Å². The Morgan fingerprint density at radius 3 is 2.62 bits per heavy atom. The van der Waals surface area contributed by atoms with Crippen molar-refractivity contribution in [1.82, 2.24) is 5.32 Å². The van der Waals surface area contributed by atoms with Gasteiger partial charge in [0, 0.05) is 18.2 Å². The van der Waals surface area contributed by atoms with Gasteiger partial charge in [0.2, 0.25) is 0 Å². The summed E-state index contributed by atoms with van der Waals surface area (Å²) in [5.74, 6) is -2.24. The van der Waals surface area contributed by atoms with E-state index < -0.39 is 17.5 Å². The van der Waals surface area contributed by atoms with E-state index in [0.717, 1.165) is 17.7 Å². The zero-order chi connectivity index (χ0) is 15.4. The van der Waals surface area contributed by atoms with Crippen molar-refractivity contribution in [2.45, 2.75) is 6.54 Å². The van der Waals surface area contributed by atoms with Crippen molar-refractivity contribution in [3.05, 3.63) is 70.8 Å². The molecular formula is C15H12F2N2OS. The molecule has 0 heterocycles. The Labute approximate surface area is 125 Å². The first-order valence-electron chi connectivity index (χ1n) is 6.09. The summed E-state index contributed by atoms with van der Waals surface area (Å²) in [6.07, 6.45) is 0. The summed E-state index contributed by atoms with van der Waals surface area (Å²) in [5, 5.41) is 2.56. The Hall–Kier alpha value is -2.34. The molecule has 3 nitrogen and oxygen atoms in total. The Balaban J connectivity index is 2.07. The number of thiocarbonyl (C=S) groups is 1. The molecular weight excluding hydrogens is 294 g/mol. The first kappa shape index (κ1) is 15.1. The molecule has 0 aliphatic heterocycles. The summed E-state index contributed by atoms with van der Waals surface area (Å²) in [6.45, 7) is 0.187. The standard InChI is InChI=1S/C15H12F2N2OS/c16-11-4-5-12(13(17)7-11)15(20)19-8-9-2-1-3-10(6-9)14(18)21/h1-7H,8H2,(H2,18,21)(H,19,20). The molecule has 0 saturated heterocycles. The molecule has 108 valence electrons. The highest BCUT2D eigenvalue weighted by molar-refractivity contribution is 7.80. The molecule has 0 saturated carbocycles. The van der Waals surface area contributed by atoms with Gasteiger partial charge in [-0.3, -0.25) is 4.79 Å². The zero-order valence-electron chi connectivity index (χ0n) is 10.9. The van der Waals surface area contributed by atoms with Crippen molar-refractivity contribution < 1.29 is 13.6 Å². The van der Waals surface area contributed by atoms with Gasteiger partial charge in [-0.05, 0) is 23.8 Å². The number of carbonyl (C=O) groups is 1. The van der Waals surface area contributed by atoms with E-state index in [1.54, 1.807) is 24.3 Å². The fourth-order valence-corrected chi connectivity index (χ4v) is 1.91. The lowest BCUT2D eigenvalue weighted by atomic mass is 10.1. The fourth-order valence-electron chi connectivity index (χ4n) is 1.79. The highest BCUT2D eigenvalue weighted by atomic mass is 32.1. The Morgan fingerprint density at radius 1 is 1.19 bits per heavy atom. The maximum absolute atomic E-state index is 13.5. The van der Waals surface area contributed by atoms with Crippen LogP contribution in [0.3, 0.4) is 0 Å². The Morgan fingerprint density at radius 2 is 1.95 bits per heavy atom. The van der Waals surface area contributed by atoms with E-state index in [2.05, 4.69) is 5.32 Å². The zero-order valence-corrected chi connectivity index (χ0v) is 11.7.